The van der Waals surface area contributed by atoms with Gasteiger partial charge in [-0.1, -0.05) is 5.57 Å². The Hall–Kier alpha value is -4.87. The first-order chi connectivity index (χ1) is 21.2. The van der Waals surface area contributed by atoms with E-state index in [9.17, 15) is 30.0 Å². The van der Waals surface area contributed by atoms with Crippen LogP contribution in [0, 0.1) is 0 Å². The second-order valence-electron chi connectivity index (χ2n) is 10.8. The van der Waals surface area contributed by atoms with Crippen LogP contribution < -0.4 is 30.4 Å². The summed E-state index contributed by atoms with van der Waals surface area (Å²) < 4.78 is 17.3. The molecule has 0 saturated carbocycles. The van der Waals surface area contributed by atoms with E-state index >= 15 is 0 Å². The molecule has 11 nitrogen and oxygen atoms in total. The molecule has 0 unspecified atom stereocenters. The first kappa shape index (κ1) is 29.2. The Bertz CT molecular complexity index is 2190. The molecule has 5 N–H and O–H groups in total. The summed E-state index contributed by atoms with van der Waals surface area (Å²) in [6.45, 7) is 3.48. The third kappa shape index (κ3) is 3.79. The highest BCUT2D eigenvalue weighted by Gasteiger charge is 2.35. The predicted octanol–water partition coefficient (Wildman–Crippen LogP) is 3.52. The van der Waals surface area contributed by atoms with Gasteiger partial charge in [-0.05, 0) is 31.2 Å². The van der Waals surface area contributed by atoms with Crippen LogP contribution >= 0.6 is 0 Å². The van der Waals surface area contributed by atoms with Gasteiger partial charge in [0.1, 0.15) is 11.5 Å². The summed E-state index contributed by atoms with van der Waals surface area (Å²) in [5.41, 5.74) is 2.28. The molecule has 5 aromatic rings. The second kappa shape index (κ2) is 10.7. The fourth-order valence-corrected chi connectivity index (χ4v) is 6.94. The molecule has 44 heavy (non-hydrogen) atoms. The number of hydrogen-bond acceptors (Lipinski definition) is 11. The summed E-state index contributed by atoms with van der Waals surface area (Å²) in [7, 11) is 4.25. The standard InChI is InChI=1S/C33H32N2O9/c1-13-10-15-21-26-22(31(40)30(15)35-7-9-37)16(38)11-18(42-3)24(26)25-19(43-4)12-17(39)23-28(25)27(21)29(33(44-5)32(23)41)20(13)14(2)34-6-8-36/h11-12,35-37,40-41H,6-10H2,1-5H3. The minimum atomic E-state index is -0.505. The van der Waals surface area contributed by atoms with Crippen LogP contribution in [0.3, 0.4) is 0 Å². The Balaban J connectivity index is 2.10. The van der Waals surface area contributed by atoms with Crippen molar-refractivity contribution in [2.75, 3.05) is 52.9 Å². The Labute approximate surface area is 250 Å². The third-order valence-corrected chi connectivity index (χ3v) is 8.50. The SMILES string of the molecule is COc1c(O)c2c(=O)cc(OC)c3c4c(OC)cc(=O)c5c(O)c(NCCO)c6c(c(c1C(C(C)=NCCO)=C(C)C6)c23)c54. The number of ether oxygens (including phenoxy) is 3. The lowest BCUT2D eigenvalue weighted by Gasteiger charge is -2.24. The second-order valence-corrected chi connectivity index (χ2v) is 10.8. The van der Waals surface area contributed by atoms with E-state index in [1.807, 2.05) is 6.92 Å². The van der Waals surface area contributed by atoms with Crippen LogP contribution in [0.5, 0.6) is 28.7 Å². The zero-order valence-electron chi connectivity index (χ0n) is 25.0. The van der Waals surface area contributed by atoms with Crippen molar-refractivity contribution in [3.8, 4) is 28.7 Å². The van der Waals surface area contributed by atoms with Crippen molar-refractivity contribution in [1.29, 1.82) is 0 Å². The maximum atomic E-state index is 13.7. The lowest BCUT2D eigenvalue weighted by atomic mass is 9.82. The van der Waals surface area contributed by atoms with Crippen LogP contribution in [0.25, 0.3) is 48.7 Å². The highest BCUT2D eigenvalue weighted by molar-refractivity contribution is 6.42. The number of nitrogens with zero attached hydrogens (tertiary/aromatic N) is 1. The van der Waals surface area contributed by atoms with Gasteiger partial charge < -0.3 is 40.0 Å². The average molecular weight is 601 g/mol. The number of allylic oxidation sites excluding steroid dienone is 2. The number of hydrogen-bond donors (Lipinski definition) is 5. The molecule has 0 amide bonds. The number of aromatic hydroxyl groups is 2. The molecule has 0 spiro atoms. The summed E-state index contributed by atoms with van der Waals surface area (Å²) in [6.07, 6.45) is 0.252. The van der Waals surface area contributed by atoms with Crippen molar-refractivity contribution in [3.63, 3.8) is 0 Å². The van der Waals surface area contributed by atoms with Gasteiger partial charge in [-0.15, -0.1) is 0 Å². The Kier molecular flexibility index (Phi) is 7.10. The Morgan fingerprint density at radius 2 is 1.41 bits per heavy atom. The smallest absolute Gasteiger partial charge is 0.194 e. The van der Waals surface area contributed by atoms with Gasteiger partial charge in [0.05, 0.1) is 57.5 Å². The van der Waals surface area contributed by atoms with Gasteiger partial charge in [-0.25, -0.2) is 0 Å². The fraction of sp³-hybridized carbons (Fsp3) is 0.303. The molecule has 0 radical (unpaired) electrons. The average Bonchev–Trinajstić information content (AvgIpc) is 3.13. The van der Waals surface area contributed by atoms with Crippen molar-refractivity contribution < 1.29 is 34.6 Å². The minimum Gasteiger partial charge on any atom is -0.505 e. The molecule has 0 heterocycles. The summed E-state index contributed by atoms with van der Waals surface area (Å²) in [6, 6.07) is 2.55. The highest BCUT2D eigenvalue weighted by atomic mass is 16.5. The van der Waals surface area contributed by atoms with E-state index in [-0.39, 0.29) is 77.9 Å². The van der Waals surface area contributed by atoms with Crippen molar-refractivity contribution in [2.24, 2.45) is 4.99 Å². The maximum Gasteiger partial charge on any atom is 0.194 e. The topological polar surface area (TPSA) is 167 Å². The van der Waals surface area contributed by atoms with Crippen LogP contribution in [0.4, 0.5) is 5.69 Å². The third-order valence-electron chi connectivity index (χ3n) is 8.50. The minimum absolute atomic E-state index is 0.00352. The molecule has 0 saturated heterocycles. The van der Waals surface area contributed by atoms with Gasteiger partial charge in [0.25, 0.3) is 0 Å². The number of phenols is 2. The molecule has 1 aliphatic rings. The molecule has 0 bridgehead atoms. The summed E-state index contributed by atoms with van der Waals surface area (Å²) in [4.78, 5) is 32.0. The van der Waals surface area contributed by atoms with Gasteiger partial charge in [0, 0.05) is 62.5 Å². The number of aliphatic hydroxyl groups is 2. The van der Waals surface area contributed by atoms with Crippen molar-refractivity contribution in [3.05, 3.63) is 49.3 Å². The van der Waals surface area contributed by atoms with Crippen molar-refractivity contribution in [1.82, 2.24) is 0 Å². The largest absolute Gasteiger partial charge is 0.505 e. The molecule has 6 rings (SSSR count). The van der Waals surface area contributed by atoms with Crippen molar-refractivity contribution >= 4 is 60.1 Å². The van der Waals surface area contributed by atoms with E-state index in [1.165, 1.54) is 33.5 Å². The van der Waals surface area contributed by atoms with Gasteiger partial charge in [-0.2, -0.15) is 0 Å². The number of phenolic OH excluding ortho intramolecular Hbond substituents is 2. The molecule has 5 aromatic carbocycles. The molecule has 0 aliphatic heterocycles. The van der Waals surface area contributed by atoms with Crippen LogP contribution in [0.1, 0.15) is 25.0 Å². The van der Waals surface area contributed by atoms with Gasteiger partial charge >= 0.3 is 0 Å². The number of methoxy groups -OCH3 is 3. The van der Waals surface area contributed by atoms with Crippen LogP contribution in [-0.2, 0) is 6.42 Å². The molecule has 11 heteroatoms. The first-order valence-electron chi connectivity index (χ1n) is 14.1. The van der Waals surface area contributed by atoms with E-state index in [4.69, 9.17) is 14.2 Å². The van der Waals surface area contributed by atoms with E-state index in [0.29, 0.717) is 54.7 Å². The summed E-state index contributed by atoms with van der Waals surface area (Å²) in [5, 5.41) is 48.5. The highest BCUT2D eigenvalue weighted by Crippen LogP contribution is 2.57. The molecule has 0 atom stereocenters. The van der Waals surface area contributed by atoms with E-state index in [1.54, 1.807) is 6.92 Å². The zero-order valence-corrected chi connectivity index (χ0v) is 25.0. The van der Waals surface area contributed by atoms with E-state index in [0.717, 1.165) is 5.57 Å². The van der Waals surface area contributed by atoms with E-state index in [2.05, 4.69) is 10.3 Å². The fourth-order valence-electron chi connectivity index (χ4n) is 6.94. The molecule has 1 aliphatic carbocycles. The molecular weight excluding hydrogens is 568 g/mol. The number of benzene rings is 5. The van der Waals surface area contributed by atoms with Gasteiger partial charge in [0.15, 0.2) is 28.1 Å². The number of anilines is 1. The number of nitrogens with one attached hydrogen (secondary N) is 1. The van der Waals surface area contributed by atoms with Crippen LogP contribution in [0.2, 0.25) is 0 Å². The normalized spacial score (nSPS) is 13.6. The predicted molar refractivity (Wildman–Crippen MR) is 171 cm³/mol. The number of fused-ring (bicyclic) bond motifs is 1. The quantitative estimate of drug-likeness (QED) is 0.0731. The van der Waals surface area contributed by atoms with Crippen LogP contribution in [0.15, 0.2) is 32.3 Å². The molecule has 0 aromatic heterocycles. The number of aliphatic hydroxyl groups excluding tert-OH is 2. The summed E-state index contributed by atoms with van der Waals surface area (Å²) >= 11 is 0. The maximum absolute atomic E-state index is 13.7. The lowest BCUT2D eigenvalue weighted by molar-refractivity contribution is 0.307. The Morgan fingerprint density at radius 1 is 0.818 bits per heavy atom. The molecule has 0 fully saturated rings. The van der Waals surface area contributed by atoms with E-state index < -0.39 is 10.9 Å². The van der Waals surface area contributed by atoms with Gasteiger partial charge in [-0.3, -0.25) is 14.6 Å². The first-order valence-corrected chi connectivity index (χ1v) is 14.1. The molecule has 228 valence electrons. The monoisotopic (exact) mass is 600 g/mol. The number of rotatable bonds is 9. The van der Waals surface area contributed by atoms with Crippen molar-refractivity contribution in [2.45, 2.75) is 20.3 Å². The van der Waals surface area contributed by atoms with Crippen LogP contribution in [-0.4, -0.2) is 73.8 Å². The van der Waals surface area contributed by atoms with Gasteiger partial charge in [0.2, 0.25) is 0 Å². The number of aliphatic imine (C=N–C) groups is 1. The lowest BCUT2D eigenvalue weighted by Crippen LogP contribution is -2.12. The Morgan fingerprint density at radius 3 is 1.95 bits per heavy atom. The molecular formula is C33H32N2O9. The zero-order chi connectivity index (χ0) is 31.6. The summed E-state index contributed by atoms with van der Waals surface area (Å²) in [5.74, 6) is -0.208.